The van der Waals surface area contributed by atoms with Crippen LogP contribution in [0, 0.1) is 27.7 Å². The van der Waals surface area contributed by atoms with Gasteiger partial charge in [-0.05, 0) is 80.6 Å². The van der Waals surface area contributed by atoms with Gasteiger partial charge in [0.25, 0.3) is 0 Å². The lowest BCUT2D eigenvalue weighted by atomic mass is 10.0. The highest BCUT2D eigenvalue weighted by Crippen LogP contribution is 2.34. The molecule has 2 aromatic heterocycles. The Morgan fingerprint density at radius 2 is 1.17 bits per heavy atom. The topological polar surface area (TPSA) is 119 Å². The second-order valence-corrected chi connectivity index (χ2v) is 13.7. The average molecular weight is 745 g/mol. The first-order chi connectivity index (χ1) is 25.1. The molecule has 3 aromatic carbocycles. The Bertz CT molecular complexity index is 1860. The van der Waals surface area contributed by atoms with Gasteiger partial charge in [-0.15, -0.1) is 0 Å². The summed E-state index contributed by atoms with van der Waals surface area (Å²) in [6.07, 6.45) is 7.25. The van der Waals surface area contributed by atoms with Crippen LogP contribution in [0.4, 0.5) is 5.95 Å². The van der Waals surface area contributed by atoms with E-state index in [1.807, 2.05) is 17.0 Å². The third-order valence-corrected chi connectivity index (χ3v) is 9.06. The van der Waals surface area contributed by atoms with Crippen LogP contribution in [0.25, 0.3) is 34.2 Å². The van der Waals surface area contributed by atoms with Crippen LogP contribution in [0.1, 0.15) is 67.7 Å². The number of aryl methyl sites for hydroxylation is 4. The number of aromatic hydroxyl groups is 1. The minimum atomic E-state index is 0.0924. The fourth-order valence-electron chi connectivity index (χ4n) is 5.95. The van der Waals surface area contributed by atoms with E-state index in [0.29, 0.717) is 54.6 Å². The second-order valence-electron chi connectivity index (χ2n) is 13.0. The molecule has 274 valence electrons. The summed E-state index contributed by atoms with van der Waals surface area (Å²) < 4.78 is 11.1. The van der Waals surface area contributed by atoms with E-state index in [4.69, 9.17) is 47.6 Å². The highest BCUT2D eigenvalue weighted by atomic mass is 35.5. The maximum absolute atomic E-state index is 11.0. The van der Waals surface area contributed by atoms with Crippen LogP contribution in [0.15, 0.2) is 54.6 Å². The fourth-order valence-corrected chi connectivity index (χ4v) is 6.30. The van der Waals surface area contributed by atoms with Crippen molar-refractivity contribution < 1.29 is 14.6 Å². The molecule has 1 N–H and O–H groups in total. The molecular weight excluding hydrogens is 697 g/mol. The molecule has 0 saturated carbocycles. The standard InChI is InChI=1S/C33H39N3O2.C7H8Cl2N4O/c1-6-7-8-9-10-11-18-38-26-14-17-29(30(37)21-26)33-35-31(27-15-12-22(2)19-24(27)4)34-32(36-33)28-16-13-23(3)20-25(28)5;8-5-10-6(9)12-7(11-5)13-1-3-14-4-2-13/h12-17,19-21,37H,6-11,18H2,1-5H3;1-4H2. The molecule has 12 heteroatoms. The van der Waals surface area contributed by atoms with Gasteiger partial charge in [0.05, 0.1) is 25.4 Å². The van der Waals surface area contributed by atoms with Crippen LogP contribution >= 0.6 is 23.2 Å². The third kappa shape index (κ3) is 10.8. The molecule has 3 heterocycles. The zero-order valence-corrected chi connectivity index (χ0v) is 32.1. The van der Waals surface area contributed by atoms with Crippen molar-refractivity contribution in [1.82, 2.24) is 29.9 Å². The molecule has 0 amide bonds. The van der Waals surface area contributed by atoms with Crippen molar-refractivity contribution in [2.75, 3.05) is 37.8 Å². The predicted molar refractivity (Wildman–Crippen MR) is 208 cm³/mol. The minimum Gasteiger partial charge on any atom is -0.507 e. The summed E-state index contributed by atoms with van der Waals surface area (Å²) in [5.74, 6) is 2.87. The molecule has 1 fully saturated rings. The highest BCUT2D eigenvalue weighted by molar-refractivity contribution is 6.31. The number of nitrogens with zero attached hydrogens (tertiary/aromatic N) is 7. The number of halogens is 2. The molecule has 0 aliphatic carbocycles. The first kappa shape index (κ1) is 38.8. The van der Waals surface area contributed by atoms with Crippen molar-refractivity contribution in [3.05, 3.63) is 87.4 Å². The number of hydrogen-bond donors (Lipinski definition) is 1. The Kier molecular flexibility index (Phi) is 14.1. The van der Waals surface area contributed by atoms with Crippen LogP contribution in [0.2, 0.25) is 10.6 Å². The van der Waals surface area contributed by atoms with Crippen LogP contribution in [-0.2, 0) is 4.74 Å². The zero-order chi connectivity index (χ0) is 37.0. The second kappa shape index (κ2) is 18.9. The van der Waals surface area contributed by atoms with E-state index in [1.165, 1.54) is 36.8 Å². The molecule has 5 aromatic rings. The lowest BCUT2D eigenvalue weighted by molar-refractivity contribution is 0.122. The van der Waals surface area contributed by atoms with Crippen molar-refractivity contribution in [2.24, 2.45) is 0 Å². The average Bonchev–Trinajstić information content (AvgIpc) is 3.11. The molecule has 0 bridgehead atoms. The number of hydrogen-bond acceptors (Lipinski definition) is 10. The van der Waals surface area contributed by atoms with Gasteiger partial charge >= 0.3 is 0 Å². The summed E-state index contributed by atoms with van der Waals surface area (Å²) in [6.45, 7) is 14.0. The Balaban J connectivity index is 0.000000310. The van der Waals surface area contributed by atoms with E-state index in [2.05, 4.69) is 86.0 Å². The van der Waals surface area contributed by atoms with E-state index in [1.54, 1.807) is 6.07 Å². The van der Waals surface area contributed by atoms with Crippen LogP contribution in [0.3, 0.4) is 0 Å². The molecule has 6 rings (SSSR count). The number of aromatic nitrogens is 6. The fraction of sp³-hybridized carbons (Fsp3) is 0.400. The first-order valence-corrected chi connectivity index (χ1v) is 18.6. The van der Waals surface area contributed by atoms with Crippen molar-refractivity contribution in [3.8, 4) is 45.7 Å². The van der Waals surface area contributed by atoms with Gasteiger partial charge in [-0.2, -0.15) is 15.0 Å². The summed E-state index contributed by atoms with van der Waals surface area (Å²) >= 11 is 11.3. The number of rotatable bonds is 12. The SMILES string of the molecule is CCCCCCCCOc1ccc(-c2nc(-c3ccc(C)cc3C)nc(-c3ccc(C)cc3C)n2)c(O)c1.Clc1nc(Cl)nc(N2CCOCC2)n1. The van der Waals surface area contributed by atoms with E-state index in [0.717, 1.165) is 48.2 Å². The Hall–Kier alpha value is -4.38. The van der Waals surface area contributed by atoms with E-state index >= 15 is 0 Å². The Morgan fingerprint density at radius 3 is 1.71 bits per heavy atom. The number of phenolic OH excluding ortho intramolecular Hbond substituents is 1. The summed E-state index contributed by atoms with van der Waals surface area (Å²) in [5.41, 5.74) is 7.00. The largest absolute Gasteiger partial charge is 0.507 e. The summed E-state index contributed by atoms with van der Waals surface area (Å²) in [7, 11) is 0. The maximum Gasteiger partial charge on any atom is 0.231 e. The van der Waals surface area contributed by atoms with Crippen molar-refractivity contribution in [2.45, 2.75) is 73.1 Å². The van der Waals surface area contributed by atoms with Crippen molar-refractivity contribution in [3.63, 3.8) is 0 Å². The molecule has 1 saturated heterocycles. The molecule has 0 unspecified atom stereocenters. The van der Waals surface area contributed by atoms with Crippen molar-refractivity contribution >= 4 is 29.2 Å². The number of unbranched alkanes of at least 4 members (excludes halogenated alkanes) is 5. The summed E-state index contributed by atoms with van der Waals surface area (Å²) in [6, 6.07) is 17.9. The predicted octanol–water partition coefficient (Wildman–Crippen LogP) is 9.57. The van der Waals surface area contributed by atoms with Gasteiger partial charge in [-0.3, -0.25) is 0 Å². The Labute approximate surface area is 316 Å². The first-order valence-electron chi connectivity index (χ1n) is 17.9. The van der Waals surface area contributed by atoms with Crippen molar-refractivity contribution in [1.29, 1.82) is 0 Å². The smallest absolute Gasteiger partial charge is 0.231 e. The lowest BCUT2D eigenvalue weighted by Crippen LogP contribution is -2.37. The van der Waals surface area contributed by atoms with Crippen LogP contribution < -0.4 is 9.64 Å². The molecule has 0 atom stereocenters. The third-order valence-electron chi connectivity index (χ3n) is 8.72. The normalized spacial score (nSPS) is 12.7. The Morgan fingerprint density at radius 1 is 0.654 bits per heavy atom. The van der Waals surface area contributed by atoms with Crippen LogP contribution in [-0.4, -0.2) is 67.9 Å². The molecule has 0 spiro atoms. The summed E-state index contributed by atoms with van der Waals surface area (Å²) in [4.78, 5) is 28.1. The molecule has 1 aliphatic rings. The van der Waals surface area contributed by atoms with Gasteiger partial charge in [-0.25, -0.2) is 15.0 Å². The van der Waals surface area contributed by atoms with Gasteiger partial charge in [0, 0.05) is 30.3 Å². The summed E-state index contributed by atoms with van der Waals surface area (Å²) in [5, 5.41) is 11.2. The molecular formula is C40H47Cl2N7O3. The maximum atomic E-state index is 11.0. The van der Waals surface area contributed by atoms with E-state index in [-0.39, 0.29) is 16.3 Å². The van der Waals surface area contributed by atoms with E-state index in [9.17, 15) is 5.11 Å². The van der Waals surface area contributed by atoms with Crippen LogP contribution in [0.5, 0.6) is 11.5 Å². The van der Waals surface area contributed by atoms with Gasteiger partial charge in [-0.1, -0.05) is 86.6 Å². The lowest BCUT2D eigenvalue weighted by Gasteiger charge is -2.26. The number of benzene rings is 3. The van der Waals surface area contributed by atoms with Gasteiger partial charge in [0.1, 0.15) is 11.5 Å². The molecule has 52 heavy (non-hydrogen) atoms. The quantitative estimate of drug-likeness (QED) is 0.124. The van der Waals surface area contributed by atoms with Gasteiger partial charge < -0.3 is 19.5 Å². The molecule has 1 aliphatic heterocycles. The van der Waals surface area contributed by atoms with Gasteiger partial charge in [0.15, 0.2) is 17.5 Å². The highest BCUT2D eigenvalue weighted by Gasteiger charge is 2.18. The molecule has 0 radical (unpaired) electrons. The zero-order valence-electron chi connectivity index (χ0n) is 30.6. The number of morpholine rings is 1. The number of ether oxygens (including phenoxy) is 2. The molecule has 10 nitrogen and oxygen atoms in total. The van der Waals surface area contributed by atoms with Gasteiger partial charge in [0.2, 0.25) is 16.5 Å². The monoisotopic (exact) mass is 743 g/mol. The number of phenols is 1. The minimum absolute atomic E-state index is 0.0924. The number of anilines is 1. The van der Waals surface area contributed by atoms with E-state index < -0.39 is 0 Å².